The molecule has 1 aromatic heterocycles. The Morgan fingerprint density at radius 1 is 0.906 bits per heavy atom. The Kier molecular flexibility index (Phi) is 6.22. The monoisotopic (exact) mass is 429 g/mol. The molecule has 3 aromatic carbocycles. The molecule has 0 spiro atoms. The minimum Gasteiger partial charge on any atom is -0.493 e. The van der Waals surface area contributed by atoms with Crippen LogP contribution in [0.5, 0.6) is 11.5 Å². The molecule has 32 heavy (non-hydrogen) atoms. The van der Waals surface area contributed by atoms with Crippen LogP contribution < -0.4 is 9.47 Å². The summed E-state index contributed by atoms with van der Waals surface area (Å²) in [6.45, 7) is 1.95. The van der Waals surface area contributed by atoms with Crippen molar-refractivity contribution in [2.24, 2.45) is 0 Å². The smallest absolute Gasteiger partial charge is 0.341 e. The second kappa shape index (κ2) is 9.39. The van der Waals surface area contributed by atoms with Crippen molar-refractivity contribution in [3.05, 3.63) is 95.7 Å². The second-order valence-electron chi connectivity index (χ2n) is 7.41. The molecule has 4 aromatic rings. The van der Waals surface area contributed by atoms with Crippen LogP contribution in [0.25, 0.3) is 10.9 Å². The summed E-state index contributed by atoms with van der Waals surface area (Å²) in [5, 5.41) is 9.58. The lowest BCUT2D eigenvalue weighted by atomic mass is 10.1. The first-order valence-electron chi connectivity index (χ1n) is 10.3. The summed E-state index contributed by atoms with van der Waals surface area (Å²) in [6.07, 6.45) is 0.808. The number of carbonyl (C=O) groups is 2. The number of fused-ring (bicyclic) bond motifs is 1. The lowest BCUT2D eigenvalue weighted by molar-refractivity contribution is -0.139. The van der Waals surface area contributed by atoms with E-state index in [1.165, 1.54) is 5.56 Å². The molecule has 1 N–H and O–H groups in total. The second-order valence-corrected chi connectivity index (χ2v) is 7.41. The van der Waals surface area contributed by atoms with Gasteiger partial charge >= 0.3 is 5.97 Å². The maximum Gasteiger partial charge on any atom is 0.341 e. The van der Waals surface area contributed by atoms with Gasteiger partial charge in [-0.1, -0.05) is 36.4 Å². The van der Waals surface area contributed by atoms with Crippen LogP contribution in [0.15, 0.2) is 78.9 Å². The Labute approximate surface area is 185 Å². The molecule has 0 radical (unpaired) electrons. The highest BCUT2D eigenvalue weighted by Crippen LogP contribution is 2.29. The first kappa shape index (κ1) is 21.2. The van der Waals surface area contributed by atoms with Gasteiger partial charge in [-0.15, -0.1) is 0 Å². The summed E-state index contributed by atoms with van der Waals surface area (Å²) in [6, 6.07) is 24.3. The van der Waals surface area contributed by atoms with Crippen molar-refractivity contribution in [3.8, 4) is 11.5 Å². The molecule has 0 aliphatic carbocycles. The number of aryl methyl sites for hydroxylation is 1. The summed E-state index contributed by atoms with van der Waals surface area (Å²) >= 11 is 0. The molecule has 0 fully saturated rings. The molecule has 0 saturated heterocycles. The first-order valence-corrected chi connectivity index (χ1v) is 10.3. The Bertz CT molecular complexity index is 1240. The highest BCUT2D eigenvalue weighted by Gasteiger charge is 2.17. The Morgan fingerprint density at radius 2 is 1.66 bits per heavy atom. The largest absolute Gasteiger partial charge is 0.493 e. The number of carbonyl (C=O) groups excluding carboxylic acids is 1. The maximum atomic E-state index is 13.2. The van der Waals surface area contributed by atoms with Crippen molar-refractivity contribution in [1.82, 2.24) is 4.57 Å². The summed E-state index contributed by atoms with van der Waals surface area (Å²) in [7, 11) is 0. The van der Waals surface area contributed by atoms with Crippen LogP contribution in [0.2, 0.25) is 0 Å². The molecule has 6 heteroatoms. The predicted octanol–water partition coefficient (Wildman–Crippen LogP) is 4.72. The first-order chi connectivity index (χ1) is 15.5. The average Bonchev–Trinajstić information content (AvgIpc) is 3.14. The molecule has 0 saturated carbocycles. The molecule has 162 valence electrons. The quantitative estimate of drug-likeness (QED) is 0.438. The lowest BCUT2D eigenvalue weighted by Gasteiger charge is -2.10. The highest BCUT2D eigenvalue weighted by molar-refractivity contribution is 6.04. The molecule has 0 atom stereocenters. The molecular weight excluding hydrogens is 406 g/mol. The molecule has 0 aliphatic rings. The fourth-order valence-corrected chi connectivity index (χ4v) is 3.63. The van der Waals surface area contributed by atoms with Crippen molar-refractivity contribution in [1.29, 1.82) is 0 Å². The van der Waals surface area contributed by atoms with Gasteiger partial charge in [0.15, 0.2) is 6.61 Å². The van der Waals surface area contributed by atoms with E-state index in [1.807, 2.05) is 37.3 Å². The number of aliphatic carboxylic acids is 1. The van der Waals surface area contributed by atoms with E-state index in [0.29, 0.717) is 34.6 Å². The van der Waals surface area contributed by atoms with E-state index in [1.54, 1.807) is 41.0 Å². The van der Waals surface area contributed by atoms with E-state index < -0.39 is 12.6 Å². The van der Waals surface area contributed by atoms with Gasteiger partial charge in [0.1, 0.15) is 11.5 Å². The van der Waals surface area contributed by atoms with E-state index in [-0.39, 0.29) is 5.91 Å². The van der Waals surface area contributed by atoms with Gasteiger partial charge in [-0.05, 0) is 55.0 Å². The topological polar surface area (TPSA) is 77.8 Å². The number of rotatable bonds is 8. The van der Waals surface area contributed by atoms with Crippen LogP contribution in [0, 0.1) is 6.92 Å². The minimum atomic E-state index is -1.06. The van der Waals surface area contributed by atoms with Gasteiger partial charge in [0.2, 0.25) is 0 Å². The normalized spacial score (nSPS) is 10.8. The standard InChI is InChI=1S/C26H23NO5/c1-18-16-22-23(8-5-9-24(22)32-17-25(28)29)27(18)26(30)20-10-12-21(13-11-20)31-15-14-19-6-3-2-4-7-19/h2-13,16H,14-15,17H2,1H3,(H,28,29). The molecule has 0 amide bonds. The van der Waals surface area contributed by atoms with Crippen LogP contribution in [-0.2, 0) is 11.2 Å². The third kappa shape index (κ3) is 4.64. The number of ether oxygens (including phenoxy) is 2. The molecule has 0 aliphatic heterocycles. The zero-order valence-electron chi connectivity index (χ0n) is 17.7. The number of carboxylic acid groups (broad SMARTS) is 1. The molecule has 0 bridgehead atoms. The zero-order valence-corrected chi connectivity index (χ0v) is 17.7. The van der Waals surface area contributed by atoms with E-state index in [9.17, 15) is 9.59 Å². The van der Waals surface area contributed by atoms with Crippen molar-refractivity contribution < 1.29 is 24.2 Å². The highest BCUT2D eigenvalue weighted by atomic mass is 16.5. The van der Waals surface area contributed by atoms with Crippen LogP contribution in [0.4, 0.5) is 0 Å². The van der Waals surface area contributed by atoms with Gasteiger partial charge < -0.3 is 14.6 Å². The van der Waals surface area contributed by atoms with Gasteiger partial charge in [-0.25, -0.2) is 4.79 Å². The molecule has 0 unspecified atom stereocenters. The summed E-state index contributed by atoms with van der Waals surface area (Å²) in [5.41, 5.74) is 3.14. The number of carboxylic acids is 1. The maximum absolute atomic E-state index is 13.2. The Balaban J connectivity index is 1.49. The number of hydrogen-bond donors (Lipinski definition) is 1. The summed E-state index contributed by atoms with van der Waals surface area (Å²) in [5.74, 6) is -0.0957. The lowest BCUT2D eigenvalue weighted by Crippen LogP contribution is -2.13. The van der Waals surface area contributed by atoms with Gasteiger partial charge in [0.05, 0.1) is 12.1 Å². The molecule has 4 rings (SSSR count). The number of hydrogen-bond acceptors (Lipinski definition) is 4. The fourth-order valence-electron chi connectivity index (χ4n) is 3.63. The molecule has 6 nitrogen and oxygen atoms in total. The Hall–Kier alpha value is -4.06. The fraction of sp³-hybridized carbons (Fsp3) is 0.154. The van der Waals surface area contributed by atoms with Gasteiger partial charge in [-0.3, -0.25) is 9.36 Å². The molecular formula is C26H23NO5. The number of nitrogens with zero attached hydrogens (tertiary/aromatic N) is 1. The number of benzene rings is 3. The van der Waals surface area contributed by atoms with Gasteiger partial charge in [0.25, 0.3) is 5.91 Å². The third-order valence-corrected chi connectivity index (χ3v) is 5.15. The van der Waals surface area contributed by atoms with E-state index in [2.05, 4.69) is 12.1 Å². The van der Waals surface area contributed by atoms with Crippen LogP contribution in [0.3, 0.4) is 0 Å². The van der Waals surface area contributed by atoms with Crippen molar-refractivity contribution in [2.45, 2.75) is 13.3 Å². The van der Waals surface area contributed by atoms with Crippen molar-refractivity contribution in [3.63, 3.8) is 0 Å². The Morgan fingerprint density at radius 3 is 2.38 bits per heavy atom. The SMILES string of the molecule is Cc1cc2c(OCC(=O)O)cccc2n1C(=O)c1ccc(OCCc2ccccc2)cc1. The summed E-state index contributed by atoms with van der Waals surface area (Å²) < 4.78 is 12.8. The minimum absolute atomic E-state index is 0.177. The van der Waals surface area contributed by atoms with Crippen molar-refractivity contribution >= 4 is 22.8 Å². The predicted molar refractivity (Wildman–Crippen MR) is 122 cm³/mol. The molecule has 1 heterocycles. The van der Waals surface area contributed by atoms with Crippen LogP contribution >= 0.6 is 0 Å². The average molecular weight is 429 g/mol. The van der Waals surface area contributed by atoms with Gasteiger partial charge in [-0.2, -0.15) is 0 Å². The van der Waals surface area contributed by atoms with Crippen molar-refractivity contribution in [2.75, 3.05) is 13.2 Å². The third-order valence-electron chi connectivity index (χ3n) is 5.15. The zero-order chi connectivity index (χ0) is 22.5. The van der Waals surface area contributed by atoms with E-state index >= 15 is 0 Å². The van der Waals surface area contributed by atoms with E-state index in [4.69, 9.17) is 14.6 Å². The van der Waals surface area contributed by atoms with Crippen LogP contribution in [-0.4, -0.2) is 34.8 Å². The van der Waals surface area contributed by atoms with E-state index in [0.717, 1.165) is 12.1 Å². The number of aromatic nitrogens is 1. The summed E-state index contributed by atoms with van der Waals surface area (Å²) in [4.78, 5) is 24.1. The van der Waals surface area contributed by atoms with Gasteiger partial charge in [0, 0.05) is 23.1 Å². The van der Waals surface area contributed by atoms with Crippen LogP contribution in [0.1, 0.15) is 21.6 Å².